The standard InChI is InChI=1S/C16H15BrF2N2O5S2/c17-12-3-1-11(2-4-12)9-21(10-15(20)22)28(25,26)14-7-5-13(6-8-14)27(23,24)16(18)19/h1-8,16H,9-10H2,(H2,20,22). The number of alkyl halides is 2. The zero-order chi connectivity index (χ0) is 21.1. The van der Waals surface area contributed by atoms with Gasteiger partial charge in [0.15, 0.2) is 0 Å². The summed E-state index contributed by atoms with van der Waals surface area (Å²) in [5.74, 6) is -4.52. The van der Waals surface area contributed by atoms with Gasteiger partial charge < -0.3 is 5.73 Å². The summed E-state index contributed by atoms with van der Waals surface area (Å²) in [6.45, 7) is -0.787. The summed E-state index contributed by atoms with van der Waals surface area (Å²) in [5, 5.41) is 0. The average Bonchev–Trinajstić information content (AvgIpc) is 2.62. The van der Waals surface area contributed by atoms with E-state index in [0.29, 0.717) is 5.56 Å². The van der Waals surface area contributed by atoms with Crippen LogP contribution in [0.3, 0.4) is 0 Å². The Hall–Kier alpha value is -1.89. The van der Waals surface area contributed by atoms with Gasteiger partial charge in [-0.15, -0.1) is 0 Å². The normalized spacial score (nSPS) is 12.5. The third kappa shape index (κ3) is 5.13. The molecule has 2 aromatic carbocycles. The molecule has 1 amide bonds. The molecule has 0 atom stereocenters. The minimum Gasteiger partial charge on any atom is -0.369 e. The molecule has 0 aliphatic heterocycles. The van der Waals surface area contributed by atoms with Gasteiger partial charge in [-0.05, 0) is 42.0 Å². The molecule has 0 radical (unpaired) electrons. The SMILES string of the molecule is NC(=O)CN(Cc1ccc(Br)cc1)S(=O)(=O)c1ccc(S(=O)(=O)C(F)F)cc1. The van der Waals surface area contributed by atoms with Gasteiger partial charge in [0.05, 0.1) is 16.3 Å². The topological polar surface area (TPSA) is 115 Å². The highest BCUT2D eigenvalue weighted by Crippen LogP contribution is 2.23. The molecule has 7 nitrogen and oxygen atoms in total. The first-order chi connectivity index (χ1) is 12.9. The van der Waals surface area contributed by atoms with Gasteiger partial charge in [0.1, 0.15) is 0 Å². The Morgan fingerprint density at radius 3 is 1.93 bits per heavy atom. The van der Waals surface area contributed by atoms with Crippen LogP contribution in [0.4, 0.5) is 8.78 Å². The fourth-order valence-corrected chi connectivity index (χ4v) is 4.63. The van der Waals surface area contributed by atoms with Crippen LogP contribution < -0.4 is 5.73 Å². The van der Waals surface area contributed by atoms with Crippen molar-refractivity contribution in [2.45, 2.75) is 22.1 Å². The van der Waals surface area contributed by atoms with E-state index in [2.05, 4.69) is 15.9 Å². The number of halogens is 3. The second-order valence-electron chi connectivity index (χ2n) is 5.64. The van der Waals surface area contributed by atoms with Crippen LogP contribution in [-0.4, -0.2) is 39.4 Å². The Balaban J connectivity index is 2.39. The third-order valence-electron chi connectivity index (χ3n) is 3.63. The number of nitrogens with two attached hydrogens (primary N) is 1. The van der Waals surface area contributed by atoms with Crippen molar-refractivity contribution >= 4 is 41.7 Å². The number of hydrogen-bond acceptors (Lipinski definition) is 5. The molecule has 28 heavy (non-hydrogen) atoms. The van der Waals surface area contributed by atoms with Gasteiger partial charge in [0.2, 0.25) is 25.8 Å². The Kier molecular flexibility index (Phi) is 6.91. The van der Waals surface area contributed by atoms with E-state index in [0.717, 1.165) is 33.0 Å². The summed E-state index contributed by atoms with van der Waals surface area (Å²) in [7, 11) is -9.10. The van der Waals surface area contributed by atoms with Crippen LogP contribution in [-0.2, 0) is 31.2 Å². The van der Waals surface area contributed by atoms with Gasteiger partial charge in [-0.1, -0.05) is 28.1 Å². The van der Waals surface area contributed by atoms with Gasteiger partial charge in [-0.2, -0.15) is 13.1 Å². The van der Waals surface area contributed by atoms with Crippen molar-refractivity contribution in [3.8, 4) is 0 Å². The molecule has 0 heterocycles. The molecule has 2 rings (SSSR count). The van der Waals surface area contributed by atoms with Crippen molar-refractivity contribution in [2.75, 3.05) is 6.54 Å². The first kappa shape index (κ1) is 22.4. The van der Waals surface area contributed by atoms with E-state index in [1.807, 2.05) is 0 Å². The van der Waals surface area contributed by atoms with Gasteiger partial charge in [-0.3, -0.25) is 4.79 Å². The minimum atomic E-state index is -4.85. The van der Waals surface area contributed by atoms with Gasteiger partial charge >= 0.3 is 5.76 Å². The van der Waals surface area contributed by atoms with Crippen LogP contribution in [0.15, 0.2) is 62.8 Å². The Bertz CT molecular complexity index is 1060. The number of benzene rings is 2. The highest BCUT2D eigenvalue weighted by molar-refractivity contribution is 9.10. The van der Waals surface area contributed by atoms with Crippen LogP contribution in [0.2, 0.25) is 0 Å². The van der Waals surface area contributed by atoms with Crippen molar-refractivity contribution in [1.29, 1.82) is 0 Å². The number of sulfone groups is 1. The van der Waals surface area contributed by atoms with E-state index in [-0.39, 0.29) is 11.4 Å². The van der Waals surface area contributed by atoms with Crippen LogP contribution in [0.1, 0.15) is 5.56 Å². The molecule has 0 unspecified atom stereocenters. The van der Waals surface area contributed by atoms with Gasteiger partial charge in [-0.25, -0.2) is 16.8 Å². The molecule has 2 N–H and O–H groups in total. The Morgan fingerprint density at radius 1 is 0.964 bits per heavy atom. The summed E-state index contributed by atoms with van der Waals surface area (Å²) in [5.41, 5.74) is 5.72. The molecule has 0 saturated heterocycles. The number of amides is 1. The van der Waals surface area contributed by atoms with Crippen LogP contribution >= 0.6 is 15.9 Å². The summed E-state index contributed by atoms with van der Waals surface area (Å²) >= 11 is 3.25. The first-order valence-electron chi connectivity index (χ1n) is 7.59. The van der Waals surface area contributed by atoms with Crippen molar-refractivity contribution in [1.82, 2.24) is 4.31 Å². The minimum absolute atomic E-state index is 0.171. The largest absolute Gasteiger partial charge is 0.369 e. The van der Waals surface area contributed by atoms with Crippen LogP contribution in [0, 0.1) is 0 Å². The lowest BCUT2D eigenvalue weighted by Crippen LogP contribution is -2.38. The fourth-order valence-electron chi connectivity index (χ4n) is 2.25. The van der Waals surface area contributed by atoms with Crippen molar-refractivity contribution < 1.29 is 30.4 Å². The van der Waals surface area contributed by atoms with Crippen molar-refractivity contribution in [2.24, 2.45) is 5.73 Å². The number of nitrogens with zero attached hydrogens (tertiary/aromatic N) is 1. The molecular formula is C16H15BrF2N2O5S2. The lowest BCUT2D eigenvalue weighted by atomic mass is 10.2. The van der Waals surface area contributed by atoms with E-state index < -0.39 is 43.0 Å². The number of carbonyl (C=O) groups excluding carboxylic acids is 1. The number of rotatable bonds is 8. The summed E-state index contributed by atoms with van der Waals surface area (Å²) in [6, 6.07) is 9.99. The fraction of sp³-hybridized carbons (Fsp3) is 0.188. The molecule has 0 spiro atoms. The Labute approximate surface area is 169 Å². The summed E-state index contributed by atoms with van der Waals surface area (Å²) in [6.07, 6.45) is 0. The number of hydrogen-bond donors (Lipinski definition) is 1. The lowest BCUT2D eigenvalue weighted by molar-refractivity contribution is -0.118. The highest BCUT2D eigenvalue weighted by atomic mass is 79.9. The first-order valence-corrected chi connectivity index (χ1v) is 11.4. The van der Waals surface area contributed by atoms with E-state index in [4.69, 9.17) is 5.73 Å². The third-order valence-corrected chi connectivity index (χ3v) is 7.36. The van der Waals surface area contributed by atoms with Gasteiger partial charge in [0, 0.05) is 11.0 Å². The maximum Gasteiger partial charge on any atom is 0.341 e. The molecule has 0 aliphatic carbocycles. The predicted molar refractivity (Wildman–Crippen MR) is 101 cm³/mol. The zero-order valence-electron chi connectivity index (χ0n) is 14.1. The van der Waals surface area contributed by atoms with E-state index >= 15 is 0 Å². The number of primary amides is 1. The van der Waals surface area contributed by atoms with Crippen molar-refractivity contribution in [3.63, 3.8) is 0 Å². The molecule has 152 valence electrons. The second-order valence-corrected chi connectivity index (χ2v) is 10.4. The van der Waals surface area contributed by atoms with Gasteiger partial charge in [0.25, 0.3) is 0 Å². The van der Waals surface area contributed by atoms with E-state index in [1.54, 1.807) is 24.3 Å². The lowest BCUT2D eigenvalue weighted by Gasteiger charge is -2.21. The smallest absolute Gasteiger partial charge is 0.341 e. The van der Waals surface area contributed by atoms with Crippen LogP contribution in [0.5, 0.6) is 0 Å². The summed E-state index contributed by atoms with van der Waals surface area (Å²) < 4.78 is 75.4. The highest BCUT2D eigenvalue weighted by Gasteiger charge is 2.29. The molecule has 0 saturated carbocycles. The van der Waals surface area contributed by atoms with Crippen molar-refractivity contribution in [3.05, 3.63) is 58.6 Å². The van der Waals surface area contributed by atoms with Crippen LogP contribution in [0.25, 0.3) is 0 Å². The number of sulfonamides is 1. The molecule has 12 heteroatoms. The van der Waals surface area contributed by atoms with E-state index in [9.17, 15) is 30.4 Å². The number of carbonyl (C=O) groups is 1. The molecule has 0 aliphatic rings. The average molecular weight is 497 g/mol. The zero-order valence-corrected chi connectivity index (χ0v) is 17.3. The quantitative estimate of drug-likeness (QED) is 0.600. The summed E-state index contributed by atoms with van der Waals surface area (Å²) in [4.78, 5) is 10.3. The molecular weight excluding hydrogens is 482 g/mol. The monoisotopic (exact) mass is 496 g/mol. The second kappa shape index (κ2) is 8.64. The molecule has 0 fully saturated rings. The molecule has 0 bridgehead atoms. The molecule has 0 aromatic heterocycles. The van der Waals surface area contributed by atoms with E-state index in [1.165, 1.54) is 0 Å². The predicted octanol–water partition coefficient (Wildman–Crippen LogP) is 2.12. The maximum atomic E-state index is 12.8. The molecule has 2 aromatic rings. The Morgan fingerprint density at radius 2 is 1.46 bits per heavy atom. The maximum absolute atomic E-state index is 12.8.